The highest BCUT2D eigenvalue weighted by molar-refractivity contribution is 9.11. The lowest BCUT2D eigenvalue weighted by Gasteiger charge is -2.19. The van der Waals surface area contributed by atoms with Gasteiger partial charge in [-0.15, -0.1) is 11.3 Å². The summed E-state index contributed by atoms with van der Waals surface area (Å²) in [7, 11) is 0. The van der Waals surface area contributed by atoms with Crippen LogP contribution in [0.25, 0.3) is 0 Å². The molecule has 1 aromatic heterocycles. The molecular weight excluding hydrogens is 222 g/mol. The Hall–Kier alpha value is 0.140. The third-order valence-electron chi connectivity index (χ3n) is 2.05. The molecule has 0 aromatic carbocycles. The van der Waals surface area contributed by atoms with E-state index in [0.717, 1.165) is 6.54 Å². The zero-order valence-corrected chi connectivity index (χ0v) is 8.76. The van der Waals surface area contributed by atoms with E-state index >= 15 is 0 Å². The molecule has 0 spiro atoms. The third kappa shape index (κ3) is 1.37. The maximum absolute atomic E-state index is 3.51. The van der Waals surface area contributed by atoms with E-state index in [4.69, 9.17) is 0 Å². The summed E-state index contributed by atoms with van der Waals surface area (Å²) in [5.41, 5.74) is 1.52. The van der Waals surface area contributed by atoms with Gasteiger partial charge in [0.1, 0.15) is 0 Å². The van der Waals surface area contributed by atoms with Crippen LogP contribution in [0.4, 0.5) is 0 Å². The lowest BCUT2D eigenvalue weighted by atomic mass is 10.1. The van der Waals surface area contributed by atoms with Gasteiger partial charge in [-0.25, -0.2) is 0 Å². The summed E-state index contributed by atoms with van der Waals surface area (Å²) in [6.07, 6.45) is 1.18. The number of hydrogen-bond donors (Lipinski definition) is 1. The van der Waals surface area contributed by atoms with Crippen molar-refractivity contribution < 1.29 is 0 Å². The van der Waals surface area contributed by atoms with Crippen molar-refractivity contribution in [3.05, 3.63) is 20.3 Å². The molecule has 2 heterocycles. The number of fused-ring (bicyclic) bond motifs is 1. The van der Waals surface area contributed by atoms with E-state index in [2.05, 4.69) is 34.2 Å². The van der Waals surface area contributed by atoms with Crippen LogP contribution in [0.5, 0.6) is 0 Å². The van der Waals surface area contributed by atoms with Gasteiger partial charge in [-0.05, 0) is 47.4 Å². The predicted molar refractivity (Wildman–Crippen MR) is 52.1 cm³/mol. The fraction of sp³-hybridized carbons (Fsp3) is 0.500. The molecule has 0 fully saturated rings. The molecule has 0 radical (unpaired) electrons. The van der Waals surface area contributed by atoms with Crippen molar-refractivity contribution in [1.82, 2.24) is 5.32 Å². The second-order valence-corrected chi connectivity index (χ2v) is 5.33. The molecule has 1 aromatic rings. The summed E-state index contributed by atoms with van der Waals surface area (Å²) in [5, 5.41) is 3.44. The number of thiophene rings is 1. The van der Waals surface area contributed by atoms with E-state index in [1.807, 2.05) is 11.3 Å². The first-order chi connectivity index (χ1) is 5.27. The standard InChI is InChI=1S/C8H10BrNS/c1-5-8-6(2-3-10-5)4-7(9)11-8/h4-5,10H,2-3H2,1H3. The lowest BCUT2D eigenvalue weighted by molar-refractivity contribution is 0.551. The van der Waals surface area contributed by atoms with Gasteiger partial charge < -0.3 is 5.32 Å². The lowest BCUT2D eigenvalue weighted by Crippen LogP contribution is -2.26. The van der Waals surface area contributed by atoms with Crippen LogP contribution in [-0.2, 0) is 6.42 Å². The van der Waals surface area contributed by atoms with Gasteiger partial charge in [0.2, 0.25) is 0 Å². The zero-order chi connectivity index (χ0) is 7.84. The summed E-state index contributed by atoms with van der Waals surface area (Å²) in [5.74, 6) is 0. The summed E-state index contributed by atoms with van der Waals surface area (Å²) >= 11 is 5.36. The van der Waals surface area contributed by atoms with Crippen LogP contribution >= 0.6 is 27.3 Å². The quantitative estimate of drug-likeness (QED) is 0.725. The third-order valence-corrected chi connectivity index (χ3v) is 3.91. The average Bonchev–Trinajstić information content (AvgIpc) is 2.31. The van der Waals surface area contributed by atoms with E-state index in [0.29, 0.717) is 6.04 Å². The summed E-state index contributed by atoms with van der Waals surface area (Å²) in [6, 6.07) is 2.80. The SMILES string of the molecule is CC1NCCc2cc(Br)sc21. The molecule has 1 N–H and O–H groups in total. The van der Waals surface area contributed by atoms with Crippen molar-refractivity contribution in [2.75, 3.05) is 6.54 Å². The highest BCUT2D eigenvalue weighted by Gasteiger charge is 2.17. The molecule has 0 saturated heterocycles. The molecule has 1 unspecified atom stereocenters. The Bertz CT molecular complexity index is 269. The van der Waals surface area contributed by atoms with Crippen LogP contribution in [0.3, 0.4) is 0 Å². The Balaban J connectivity index is 2.43. The van der Waals surface area contributed by atoms with Gasteiger partial charge >= 0.3 is 0 Å². The van der Waals surface area contributed by atoms with E-state index in [1.165, 1.54) is 20.6 Å². The van der Waals surface area contributed by atoms with E-state index in [9.17, 15) is 0 Å². The van der Waals surface area contributed by atoms with Gasteiger partial charge in [-0.1, -0.05) is 0 Å². The first-order valence-electron chi connectivity index (χ1n) is 3.79. The minimum absolute atomic E-state index is 0.551. The molecule has 11 heavy (non-hydrogen) atoms. The molecule has 1 aliphatic rings. The summed E-state index contributed by atoms with van der Waals surface area (Å²) in [4.78, 5) is 1.50. The first-order valence-corrected chi connectivity index (χ1v) is 5.40. The molecule has 0 bridgehead atoms. The number of hydrogen-bond acceptors (Lipinski definition) is 2. The number of nitrogens with one attached hydrogen (secondary N) is 1. The van der Waals surface area contributed by atoms with Gasteiger partial charge in [-0.2, -0.15) is 0 Å². The van der Waals surface area contributed by atoms with Crippen LogP contribution in [0.1, 0.15) is 23.4 Å². The number of halogens is 1. The summed E-state index contributed by atoms with van der Waals surface area (Å²) in [6.45, 7) is 3.35. The van der Waals surface area contributed by atoms with E-state index < -0.39 is 0 Å². The van der Waals surface area contributed by atoms with Gasteiger partial charge in [0.05, 0.1) is 3.79 Å². The molecule has 0 saturated carbocycles. The van der Waals surface area contributed by atoms with Crippen LogP contribution < -0.4 is 5.32 Å². The Labute approximate surface area is 78.9 Å². The molecule has 1 atom stereocenters. The van der Waals surface area contributed by atoms with Crippen molar-refractivity contribution in [1.29, 1.82) is 0 Å². The van der Waals surface area contributed by atoms with Gasteiger partial charge in [0.25, 0.3) is 0 Å². The molecular formula is C8H10BrNS. The monoisotopic (exact) mass is 231 g/mol. The van der Waals surface area contributed by atoms with E-state index in [-0.39, 0.29) is 0 Å². The molecule has 60 valence electrons. The zero-order valence-electron chi connectivity index (χ0n) is 6.36. The maximum Gasteiger partial charge on any atom is 0.0704 e. The van der Waals surface area contributed by atoms with Crippen LogP contribution in [0.15, 0.2) is 9.85 Å². The molecule has 0 amide bonds. The Morgan fingerprint density at radius 3 is 3.27 bits per heavy atom. The average molecular weight is 232 g/mol. The van der Waals surface area contributed by atoms with Crippen molar-refractivity contribution in [3.63, 3.8) is 0 Å². The second kappa shape index (κ2) is 2.88. The fourth-order valence-electron chi connectivity index (χ4n) is 1.49. The normalized spacial score (nSPS) is 23.3. The Morgan fingerprint density at radius 1 is 1.73 bits per heavy atom. The Kier molecular flexibility index (Phi) is 2.04. The van der Waals surface area contributed by atoms with E-state index in [1.54, 1.807) is 0 Å². The van der Waals surface area contributed by atoms with Crippen molar-refractivity contribution in [3.8, 4) is 0 Å². The van der Waals surface area contributed by atoms with Gasteiger partial charge in [0.15, 0.2) is 0 Å². The maximum atomic E-state index is 3.51. The van der Waals surface area contributed by atoms with Gasteiger partial charge in [0, 0.05) is 10.9 Å². The van der Waals surface area contributed by atoms with Crippen molar-refractivity contribution in [2.24, 2.45) is 0 Å². The predicted octanol–water partition coefficient (Wildman–Crippen LogP) is 2.72. The Morgan fingerprint density at radius 2 is 2.55 bits per heavy atom. The van der Waals surface area contributed by atoms with Crippen molar-refractivity contribution >= 4 is 27.3 Å². The molecule has 2 rings (SSSR count). The minimum atomic E-state index is 0.551. The van der Waals surface area contributed by atoms with Gasteiger partial charge in [-0.3, -0.25) is 0 Å². The second-order valence-electron chi connectivity index (χ2n) is 2.87. The smallest absolute Gasteiger partial charge is 0.0704 e. The minimum Gasteiger partial charge on any atom is -0.309 e. The largest absolute Gasteiger partial charge is 0.309 e. The topological polar surface area (TPSA) is 12.0 Å². The fourth-order valence-corrected chi connectivity index (χ4v) is 3.25. The highest BCUT2D eigenvalue weighted by atomic mass is 79.9. The van der Waals surface area contributed by atoms with Crippen LogP contribution in [0, 0.1) is 0 Å². The van der Waals surface area contributed by atoms with Crippen LogP contribution in [0.2, 0.25) is 0 Å². The van der Waals surface area contributed by atoms with Crippen LogP contribution in [-0.4, -0.2) is 6.54 Å². The molecule has 1 nitrogen and oxygen atoms in total. The highest BCUT2D eigenvalue weighted by Crippen LogP contribution is 2.33. The molecule has 0 aliphatic carbocycles. The number of rotatable bonds is 0. The first kappa shape index (κ1) is 7.77. The summed E-state index contributed by atoms with van der Waals surface area (Å²) < 4.78 is 1.26. The van der Waals surface area contributed by atoms with Crippen molar-refractivity contribution in [2.45, 2.75) is 19.4 Å². The molecule has 3 heteroatoms. The molecule has 1 aliphatic heterocycles.